The Labute approximate surface area is 208 Å². The van der Waals surface area contributed by atoms with E-state index in [9.17, 15) is 14.0 Å². The number of nitrogens with one attached hydrogen (secondary N) is 3. The summed E-state index contributed by atoms with van der Waals surface area (Å²) in [5.74, 6) is -0.527. The highest BCUT2D eigenvalue weighted by molar-refractivity contribution is 6.03. The quantitative estimate of drug-likeness (QED) is 0.353. The fraction of sp³-hybridized carbons (Fsp3) is 0.179. The summed E-state index contributed by atoms with van der Waals surface area (Å²) >= 11 is 0. The van der Waals surface area contributed by atoms with E-state index in [1.807, 2.05) is 32.0 Å². The molecule has 0 fully saturated rings. The number of aryl methyl sites for hydroxylation is 3. The van der Waals surface area contributed by atoms with Crippen LogP contribution in [0.25, 0.3) is 22.5 Å². The van der Waals surface area contributed by atoms with E-state index in [2.05, 4.69) is 15.6 Å². The number of aromatic amines is 1. The maximum absolute atomic E-state index is 14.9. The maximum Gasteiger partial charge on any atom is 0.327 e. The van der Waals surface area contributed by atoms with Crippen LogP contribution in [0.1, 0.15) is 37.7 Å². The third-order valence-electron chi connectivity index (χ3n) is 6.06. The van der Waals surface area contributed by atoms with Crippen molar-refractivity contribution in [3.8, 4) is 22.5 Å². The van der Waals surface area contributed by atoms with Gasteiger partial charge in [-0.2, -0.15) is 0 Å². The van der Waals surface area contributed by atoms with E-state index in [4.69, 9.17) is 4.84 Å². The Hall–Kier alpha value is -4.46. The number of anilines is 1. The summed E-state index contributed by atoms with van der Waals surface area (Å²) in [6.45, 7) is 5.65. The Kier molecular flexibility index (Phi) is 6.87. The molecule has 36 heavy (non-hydrogen) atoms. The van der Waals surface area contributed by atoms with E-state index in [1.54, 1.807) is 50.4 Å². The summed E-state index contributed by atoms with van der Waals surface area (Å²) < 4.78 is 16.3. The molecule has 0 saturated carbocycles. The Morgan fingerprint density at radius 1 is 0.944 bits per heavy atom. The standard InChI is InChI=1S/C28H27FN4O3/c1-16-8-6-9-17(2)24(16)22-15-19(12-13-23(22)29)26-31-18(3)25(33(26)36-5)28(35)32-21-11-7-10-20(14-21)27(34)30-4/h6-15H,1-5H3,(H2,30,32,34,35)/p+1. The van der Waals surface area contributed by atoms with Crippen molar-refractivity contribution in [2.45, 2.75) is 20.8 Å². The first-order valence-corrected chi connectivity index (χ1v) is 11.4. The number of halogens is 1. The van der Waals surface area contributed by atoms with Crippen LogP contribution in [0.5, 0.6) is 0 Å². The van der Waals surface area contributed by atoms with Crippen LogP contribution >= 0.6 is 0 Å². The van der Waals surface area contributed by atoms with Gasteiger partial charge in [0.15, 0.2) is 5.69 Å². The lowest BCUT2D eigenvalue weighted by molar-refractivity contribution is -0.877. The molecule has 7 nitrogen and oxygen atoms in total. The predicted octanol–water partition coefficient (Wildman–Crippen LogP) is 4.37. The molecule has 0 spiro atoms. The van der Waals surface area contributed by atoms with Crippen LogP contribution in [0.2, 0.25) is 0 Å². The SMILES string of the molecule is CNC(=O)c1cccc(NC(=O)c2c(C)[nH]c(-c3ccc(F)c(-c4c(C)cccc4C)c3)[n+]2OC)c1. The number of carbonyl (C=O) groups excluding carboxylic acids is 2. The molecule has 4 aromatic rings. The van der Waals surface area contributed by atoms with E-state index in [0.29, 0.717) is 33.9 Å². The first kappa shape index (κ1) is 24.7. The van der Waals surface area contributed by atoms with Gasteiger partial charge < -0.3 is 15.5 Å². The number of benzene rings is 3. The molecular weight excluding hydrogens is 459 g/mol. The molecule has 0 saturated heterocycles. The molecule has 2 amide bonds. The van der Waals surface area contributed by atoms with Crippen molar-refractivity contribution in [1.82, 2.24) is 10.3 Å². The van der Waals surface area contributed by atoms with E-state index < -0.39 is 5.91 Å². The zero-order chi connectivity index (χ0) is 26.0. The second-order valence-electron chi connectivity index (χ2n) is 8.50. The van der Waals surface area contributed by atoms with Crippen LogP contribution in [0.4, 0.5) is 10.1 Å². The van der Waals surface area contributed by atoms with Crippen molar-refractivity contribution in [3.05, 3.63) is 94.6 Å². The molecule has 0 aliphatic heterocycles. The highest BCUT2D eigenvalue weighted by Gasteiger charge is 2.31. The van der Waals surface area contributed by atoms with E-state index in [-0.39, 0.29) is 17.4 Å². The molecule has 184 valence electrons. The summed E-state index contributed by atoms with van der Waals surface area (Å²) in [6, 6.07) is 17.3. The molecule has 0 aliphatic carbocycles. The Morgan fingerprint density at radius 2 is 1.64 bits per heavy atom. The highest BCUT2D eigenvalue weighted by Crippen LogP contribution is 2.32. The monoisotopic (exact) mass is 487 g/mol. The van der Waals surface area contributed by atoms with Crippen LogP contribution in [-0.4, -0.2) is 31.0 Å². The first-order valence-electron chi connectivity index (χ1n) is 11.4. The molecule has 3 N–H and O–H groups in total. The number of amides is 2. The first-order chi connectivity index (χ1) is 17.2. The molecule has 1 aromatic heterocycles. The van der Waals surface area contributed by atoms with Gasteiger partial charge in [0.2, 0.25) is 0 Å². The summed E-state index contributed by atoms with van der Waals surface area (Å²) in [5, 5.41) is 5.38. The van der Waals surface area contributed by atoms with Crippen LogP contribution in [0, 0.1) is 26.6 Å². The minimum absolute atomic E-state index is 0.246. The number of carbonyl (C=O) groups is 2. The van der Waals surface area contributed by atoms with Gasteiger partial charge >= 0.3 is 11.7 Å². The number of nitrogens with zero attached hydrogens (tertiary/aromatic N) is 1. The third-order valence-corrected chi connectivity index (χ3v) is 6.06. The minimum Gasteiger partial charge on any atom is -0.355 e. The van der Waals surface area contributed by atoms with Gasteiger partial charge in [0.25, 0.3) is 11.6 Å². The van der Waals surface area contributed by atoms with Crippen molar-refractivity contribution in [1.29, 1.82) is 0 Å². The molecule has 8 heteroatoms. The normalized spacial score (nSPS) is 10.7. The summed E-state index contributed by atoms with van der Waals surface area (Å²) in [4.78, 5) is 34.0. The number of imidazole rings is 1. The number of H-pyrrole nitrogens is 1. The van der Waals surface area contributed by atoms with Crippen LogP contribution in [0.3, 0.4) is 0 Å². The van der Waals surface area contributed by atoms with Crippen molar-refractivity contribution < 1.29 is 23.5 Å². The van der Waals surface area contributed by atoms with Crippen LogP contribution < -0.4 is 20.2 Å². The van der Waals surface area contributed by atoms with Crippen molar-refractivity contribution in [3.63, 3.8) is 0 Å². The van der Waals surface area contributed by atoms with E-state index in [0.717, 1.165) is 16.7 Å². The van der Waals surface area contributed by atoms with E-state index in [1.165, 1.54) is 17.9 Å². The molecule has 3 aromatic carbocycles. The zero-order valence-electron chi connectivity index (χ0n) is 20.8. The molecular formula is C28H28FN4O3+. The van der Waals surface area contributed by atoms with E-state index >= 15 is 0 Å². The number of hydrogen-bond acceptors (Lipinski definition) is 3. The summed E-state index contributed by atoms with van der Waals surface area (Å²) in [5.41, 5.74) is 5.57. The lowest BCUT2D eigenvalue weighted by Crippen LogP contribution is -2.47. The van der Waals surface area contributed by atoms with Crippen LogP contribution in [0.15, 0.2) is 60.7 Å². The number of aromatic nitrogens is 2. The summed E-state index contributed by atoms with van der Waals surface area (Å²) in [7, 11) is 3.00. The maximum atomic E-state index is 14.9. The Morgan fingerprint density at radius 3 is 2.31 bits per heavy atom. The lowest BCUT2D eigenvalue weighted by atomic mass is 9.94. The molecule has 1 heterocycles. The molecule has 0 radical (unpaired) electrons. The smallest absolute Gasteiger partial charge is 0.327 e. The van der Waals surface area contributed by atoms with Crippen molar-refractivity contribution in [2.75, 3.05) is 19.5 Å². The lowest BCUT2D eigenvalue weighted by Gasteiger charge is -2.12. The van der Waals surface area contributed by atoms with Crippen molar-refractivity contribution >= 4 is 17.5 Å². The predicted molar refractivity (Wildman–Crippen MR) is 136 cm³/mol. The Bertz CT molecular complexity index is 1460. The topological polar surface area (TPSA) is 87.1 Å². The second-order valence-corrected chi connectivity index (χ2v) is 8.50. The third kappa shape index (κ3) is 4.57. The zero-order valence-corrected chi connectivity index (χ0v) is 20.8. The average Bonchev–Trinajstić information content (AvgIpc) is 3.20. The van der Waals surface area contributed by atoms with Gasteiger partial charge in [-0.15, -0.1) is 0 Å². The highest BCUT2D eigenvalue weighted by atomic mass is 19.1. The molecule has 0 unspecified atom stereocenters. The van der Waals surface area contributed by atoms with Gasteiger partial charge in [-0.3, -0.25) is 9.59 Å². The van der Waals surface area contributed by atoms with Crippen LogP contribution in [-0.2, 0) is 0 Å². The molecule has 0 aliphatic rings. The average molecular weight is 488 g/mol. The van der Waals surface area contributed by atoms with Gasteiger partial charge in [0, 0.05) is 30.8 Å². The molecule has 4 rings (SSSR count). The number of hydrogen-bond donors (Lipinski definition) is 3. The minimum atomic E-state index is -0.428. The van der Waals surface area contributed by atoms with Gasteiger partial charge in [-0.25, -0.2) is 9.37 Å². The number of rotatable bonds is 6. The van der Waals surface area contributed by atoms with Gasteiger partial charge in [-0.1, -0.05) is 24.3 Å². The van der Waals surface area contributed by atoms with Gasteiger partial charge in [0.1, 0.15) is 12.9 Å². The fourth-order valence-corrected chi connectivity index (χ4v) is 4.36. The largest absolute Gasteiger partial charge is 0.355 e. The second kappa shape index (κ2) is 10.0. The van der Waals surface area contributed by atoms with Crippen molar-refractivity contribution in [2.24, 2.45) is 0 Å². The van der Waals surface area contributed by atoms with Gasteiger partial charge in [0.05, 0.1) is 5.56 Å². The summed E-state index contributed by atoms with van der Waals surface area (Å²) in [6.07, 6.45) is 0. The fourth-order valence-electron chi connectivity index (χ4n) is 4.36. The Balaban J connectivity index is 1.74. The molecule has 0 atom stereocenters. The van der Waals surface area contributed by atoms with Gasteiger partial charge in [-0.05, 0) is 71.7 Å². The molecule has 0 bridgehead atoms.